The zero-order chi connectivity index (χ0) is 17.1. The van der Waals surface area contributed by atoms with Gasteiger partial charge in [0.2, 0.25) is 0 Å². The molecule has 2 aromatic heterocycles. The van der Waals surface area contributed by atoms with Crippen LogP contribution in [-0.2, 0) is 0 Å². The molecule has 2 N–H and O–H groups in total. The zero-order valence-electron chi connectivity index (χ0n) is 13.1. The van der Waals surface area contributed by atoms with Gasteiger partial charge in [0.15, 0.2) is 5.82 Å². The van der Waals surface area contributed by atoms with Gasteiger partial charge < -0.3 is 15.2 Å². The molecule has 0 aliphatic carbocycles. The van der Waals surface area contributed by atoms with Crippen LogP contribution in [0, 0.1) is 13.8 Å². The highest BCUT2D eigenvalue weighted by Crippen LogP contribution is 2.21. The van der Waals surface area contributed by atoms with Gasteiger partial charge in [0.1, 0.15) is 11.5 Å². The van der Waals surface area contributed by atoms with Gasteiger partial charge in [-0.3, -0.25) is 4.79 Å². The van der Waals surface area contributed by atoms with E-state index in [1.807, 2.05) is 13.0 Å². The first kappa shape index (κ1) is 16.0. The molecule has 7 heteroatoms. The maximum Gasteiger partial charge on any atom is 0.274 e. The number of rotatable bonds is 4. The molecular formula is C17H15ClN4O2. The molecule has 24 heavy (non-hydrogen) atoms. The zero-order valence-corrected chi connectivity index (χ0v) is 13.9. The van der Waals surface area contributed by atoms with Gasteiger partial charge in [-0.2, -0.15) is 0 Å². The average molecular weight is 343 g/mol. The lowest BCUT2D eigenvalue weighted by atomic mass is 10.2. The Bertz CT molecular complexity index is 875. The molecule has 2 heterocycles. The minimum absolute atomic E-state index is 0.300. The molecule has 0 saturated heterocycles. The molecule has 0 aliphatic heterocycles. The first-order chi connectivity index (χ1) is 11.5. The van der Waals surface area contributed by atoms with Crippen molar-refractivity contribution in [2.75, 3.05) is 10.6 Å². The average Bonchev–Trinajstić information content (AvgIpc) is 2.96. The normalized spacial score (nSPS) is 10.5. The van der Waals surface area contributed by atoms with Crippen molar-refractivity contribution < 1.29 is 9.32 Å². The highest BCUT2D eigenvalue weighted by atomic mass is 35.5. The number of amides is 1. The van der Waals surface area contributed by atoms with Crippen molar-refractivity contribution in [2.45, 2.75) is 13.8 Å². The molecule has 3 aromatic rings. The largest absolute Gasteiger partial charge is 0.360 e. The summed E-state index contributed by atoms with van der Waals surface area (Å²) >= 11 is 6.05. The number of carbonyl (C=O) groups excluding carboxylic acids is 1. The predicted octanol–water partition coefficient (Wildman–Crippen LogP) is 4.34. The number of hydrogen-bond acceptors (Lipinski definition) is 5. The first-order valence-corrected chi connectivity index (χ1v) is 7.63. The van der Waals surface area contributed by atoms with Crippen molar-refractivity contribution in [1.29, 1.82) is 0 Å². The lowest BCUT2D eigenvalue weighted by Gasteiger charge is -2.07. The maximum atomic E-state index is 12.2. The van der Waals surface area contributed by atoms with Crippen LogP contribution in [-0.4, -0.2) is 16.0 Å². The summed E-state index contributed by atoms with van der Waals surface area (Å²) in [4.78, 5) is 16.4. The monoisotopic (exact) mass is 342 g/mol. The number of aromatic nitrogens is 2. The Morgan fingerprint density at radius 3 is 2.54 bits per heavy atom. The molecule has 0 bridgehead atoms. The van der Waals surface area contributed by atoms with Crippen LogP contribution in [0.4, 0.5) is 17.2 Å². The van der Waals surface area contributed by atoms with Crippen molar-refractivity contribution in [2.24, 2.45) is 0 Å². The van der Waals surface area contributed by atoms with Crippen LogP contribution in [0.15, 0.2) is 47.1 Å². The Hall–Kier alpha value is -2.86. The SMILES string of the molecule is Cc1cc(Nc2ccc(C(=O)Nc3ccc(C)c(Cl)c3)nc2)no1. The van der Waals surface area contributed by atoms with Gasteiger partial charge in [0.05, 0.1) is 11.9 Å². The Morgan fingerprint density at radius 1 is 1.12 bits per heavy atom. The van der Waals surface area contributed by atoms with E-state index in [1.165, 1.54) is 0 Å². The molecule has 6 nitrogen and oxygen atoms in total. The highest BCUT2D eigenvalue weighted by molar-refractivity contribution is 6.31. The summed E-state index contributed by atoms with van der Waals surface area (Å²) < 4.78 is 4.98. The Kier molecular flexibility index (Phi) is 4.48. The van der Waals surface area contributed by atoms with Crippen LogP contribution >= 0.6 is 11.6 Å². The third kappa shape index (κ3) is 3.72. The molecule has 0 atom stereocenters. The fraction of sp³-hybridized carbons (Fsp3) is 0.118. The number of anilines is 3. The minimum Gasteiger partial charge on any atom is -0.360 e. The van der Waals surface area contributed by atoms with E-state index in [0.717, 1.165) is 5.56 Å². The number of pyridine rings is 1. The van der Waals surface area contributed by atoms with Crippen molar-refractivity contribution in [3.05, 3.63) is 64.6 Å². The Morgan fingerprint density at radius 2 is 1.92 bits per heavy atom. The second-order valence-electron chi connectivity index (χ2n) is 5.30. The number of nitrogens with zero attached hydrogens (tertiary/aromatic N) is 2. The third-order valence-corrected chi connectivity index (χ3v) is 3.73. The standard InChI is InChI=1S/C17H15ClN4O2/c1-10-3-4-12(8-14(10)18)21-17(23)15-6-5-13(9-19-15)20-16-7-11(2)24-22-16/h3-9H,1-2H3,(H,20,22)(H,21,23). The topological polar surface area (TPSA) is 80.0 Å². The van der Waals surface area contributed by atoms with Gasteiger partial charge in [-0.1, -0.05) is 22.8 Å². The predicted molar refractivity (Wildman–Crippen MR) is 92.9 cm³/mol. The molecule has 0 unspecified atom stereocenters. The summed E-state index contributed by atoms with van der Waals surface area (Å²) in [7, 11) is 0. The molecular weight excluding hydrogens is 328 g/mol. The van der Waals surface area contributed by atoms with E-state index in [2.05, 4.69) is 20.8 Å². The van der Waals surface area contributed by atoms with Crippen LogP contribution in [0.2, 0.25) is 5.02 Å². The fourth-order valence-electron chi connectivity index (χ4n) is 2.04. The first-order valence-electron chi connectivity index (χ1n) is 7.25. The summed E-state index contributed by atoms with van der Waals surface area (Å²) in [6, 6.07) is 10.5. The van der Waals surface area contributed by atoms with Gasteiger partial charge >= 0.3 is 0 Å². The summed E-state index contributed by atoms with van der Waals surface area (Å²) in [5.41, 5.74) is 2.58. The minimum atomic E-state index is -0.307. The Labute approximate surface area is 143 Å². The molecule has 0 radical (unpaired) electrons. The molecule has 0 fully saturated rings. The molecule has 0 aliphatic rings. The quantitative estimate of drug-likeness (QED) is 0.737. The van der Waals surface area contributed by atoms with Gasteiger partial charge in [-0.05, 0) is 43.7 Å². The lowest BCUT2D eigenvalue weighted by molar-refractivity contribution is 0.102. The van der Waals surface area contributed by atoms with Gasteiger partial charge in [0, 0.05) is 16.8 Å². The molecule has 1 aromatic carbocycles. The van der Waals surface area contributed by atoms with Crippen LogP contribution in [0.3, 0.4) is 0 Å². The summed E-state index contributed by atoms with van der Waals surface area (Å²) in [6.45, 7) is 3.71. The second kappa shape index (κ2) is 6.72. The summed E-state index contributed by atoms with van der Waals surface area (Å²) in [6.07, 6.45) is 1.56. The number of carbonyl (C=O) groups is 1. The number of hydrogen-bond donors (Lipinski definition) is 2. The van der Waals surface area contributed by atoms with E-state index in [4.69, 9.17) is 16.1 Å². The number of nitrogens with one attached hydrogen (secondary N) is 2. The van der Waals surface area contributed by atoms with Crippen molar-refractivity contribution in [3.63, 3.8) is 0 Å². The maximum absolute atomic E-state index is 12.2. The molecule has 0 saturated carbocycles. The van der Waals surface area contributed by atoms with Gasteiger partial charge in [-0.25, -0.2) is 4.98 Å². The smallest absolute Gasteiger partial charge is 0.274 e. The lowest BCUT2D eigenvalue weighted by Crippen LogP contribution is -2.13. The van der Waals surface area contributed by atoms with Crippen LogP contribution in [0.1, 0.15) is 21.8 Å². The van der Waals surface area contributed by atoms with Crippen LogP contribution < -0.4 is 10.6 Å². The van der Waals surface area contributed by atoms with Crippen LogP contribution in [0.25, 0.3) is 0 Å². The van der Waals surface area contributed by atoms with E-state index in [1.54, 1.807) is 43.5 Å². The van der Waals surface area contributed by atoms with Gasteiger partial charge in [0.25, 0.3) is 5.91 Å². The molecule has 3 rings (SSSR count). The highest BCUT2D eigenvalue weighted by Gasteiger charge is 2.09. The molecule has 1 amide bonds. The Balaban J connectivity index is 1.68. The number of aryl methyl sites for hydroxylation is 2. The number of benzene rings is 1. The van der Waals surface area contributed by atoms with Crippen molar-refractivity contribution >= 4 is 34.7 Å². The van der Waals surface area contributed by atoms with Crippen molar-refractivity contribution in [1.82, 2.24) is 10.1 Å². The van der Waals surface area contributed by atoms with Gasteiger partial charge in [-0.15, -0.1) is 0 Å². The van der Waals surface area contributed by atoms with Crippen LogP contribution in [0.5, 0.6) is 0 Å². The fourth-order valence-corrected chi connectivity index (χ4v) is 2.22. The van der Waals surface area contributed by atoms with E-state index in [-0.39, 0.29) is 5.91 Å². The van der Waals surface area contributed by atoms with Crippen molar-refractivity contribution in [3.8, 4) is 0 Å². The van der Waals surface area contributed by atoms with E-state index < -0.39 is 0 Å². The molecule has 0 spiro atoms. The summed E-state index contributed by atoms with van der Waals surface area (Å²) in [5.74, 6) is 0.984. The van der Waals surface area contributed by atoms with E-state index in [9.17, 15) is 4.79 Å². The second-order valence-corrected chi connectivity index (χ2v) is 5.71. The van der Waals surface area contributed by atoms with E-state index >= 15 is 0 Å². The number of halogens is 1. The third-order valence-electron chi connectivity index (χ3n) is 3.33. The molecule has 122 valence electrons. The summed E-state index contributed by atoms with van der Waals surface area (Å²) in [5, 5.41) is 10.2. The van der Waals surface area contributed by atoms with E-state index in [0.29, 0.717) is 33.7 Å².